The molecular weight excluding hydrogens is 167 g/mol. The van der Waals surface area contributed by atoms with Crippen molar-refractivity contribution >= 4 is 0 Å². The van der Waals surface area contributed by atoms with Gasteiger partial charge in [-0.05, 0) is 37.0 Å². The summed E-state index contributed by atoms with van der Waals surface area (Å²) in [6.45, 7) is 8.61. The topological polar surface area (TPSA) is 23.1 Å². The van der Waals surface area contributed by atoms with Crippen LogP contribution in [-0.4, -0.2) is 0 Å². The van der Waals surface area contributed by atoms with Gasteiger partial charge in [-0.2, -0.15) is 0 Å². The van der Waals surface area contributed by atoms with E-state index in [1.54, 1.807) is 6.92 Å². The van der Waals surface area contributed by atoms with Gasteiger partial charge in [-0.1, -0.05) is 33.3 Å². The Kier molecular flexibility index (Phi) is 5.34. The summed E-state index contributed by atoms with van der Waals surface area (Å²) in [6.07, 6.45) is 4.49. The van der Waals surface area contributed by atoms with Crippen molar-refractivity contribution in [1.82, 2.24) is 0 Å². The Balaban J connectivity index is 0.00000169. The maximum absolute atomic E-state index is 11.1. The second kappa shape index (κ2) is 5.28. The Morgan fingerprint density at radius 2 is 1.64 bits per heavy atom. The van der Waals surface area contributed by atoms with E-state index in [1.165, 1.54) is 18.4 Å². The molecule has 0 saturated heterocycles. The van der Waals surface area contributed by atoms with Crippen LogP contribution in [0.2, 0.25) is 0 Å². The van der Waals surface area contributed by atoms with E-state index in [0.717, 1.165) is 18.8 Å². The molecule has 0 aromatic carbocycles. The number of rotatable bonds is 0. The third-order valence-electron chi connectivity index (χ3n) is 3.31. The SMILES string of the molecule is CC([O-])=C1CCC(C(C)(C)C)CC1.[Li+]. The van der Waals surface area contributed by atoms with Crippen LogP contribution >= 0.6 is 0 Å². The zero-order valence-electron chi connectivity index (χ0n) is 10.3. The third-order valence-corrected chi connectivity index (χ3v) is 3.31. The second-order valence-electron chi connectivity index (χ2n) is 5.30. The molecule has 0 atom stereocenters. The normalized spacial score (nSPS) is 22.9. The minimum Gasteiger partial charge on any atom is -0.876 e. The van der Waals surface area contributed by atoms with Crippen LogP contribution in [0, 0.1) is 11.3 Å². The number of hydrogen-bond acceptors (Lipinski definition) is 1. The van der Waals surface area contributed by atoms with Crippen molar-refractivity contribution in [3.8, 4) is 0 Å². The molecule has 14 heavy (non-hydrogen) atoms. The number of allylic oxidation sites excluding steroid dienone is 2. The summed E-state index contributed by atoms with van der Waals surface area (Å²) in [4.78, 5) is 0. The van der Waals surface area contributed by atoms with Gasteiger partial charge in [-0.3, -0.25) is 0 Å². The minimum absolute atomic E-state index is 0. The maximum Gasteiger partial charge on any atom is 1.00 e. The van der Waals surface area contributed by atoms with E-state index >= 15 is 0 Å². The first kappa shape index (κ1) is 14.1. The van der Waals surface area contributed by atoms with E-state index in [2.05, 4.69) is 20.8 Å². The summed E-state index contributed by atoms with van der Waals surface area (Å²) in [6, 6.07) is 0. The predicted octanol–water partition coefficient (Wildman–Crippen LogP) is -0.139. The van der Waals surface area contributed by atoms with Crippen LogP contribution in [0.15, 0.2) is 11.3 Å². The maximum atomic E-state index is 11.1. The number of hydrogen-bond donors (Lipinski definition) is 0. The first-order valence-corrected chi connectivity index (χ1v) is 5.27. The Hall–Kier alpha value is 0.137. The van der Waals surface area contributed by atoms with E-state index in [1.807, 2.05) is 0 Å². The molecule has 0 unspecified atom stereocenters. The average Bonchev–Trinajstić information content (AvgIpc) is 2.03. The fourth-order valence-electron chi connectivity index (χ4n) is 2.18. The summed E-state index contributed by atoms with van der Waals surface area (Å²) in [5.41, 5.74) is 1.59. The van der Waals surface area contributed by atoms with Gasteiger partial charge < -0.3 is 5.11 Å². The molecule has 0 radical (unpaired) electrons. The van der Waals surface area contributed by atoms with Crippen molar-refractivity contribution in [3.05, 3.63) is 11.3 Å². The molecule has 0 aliphatic heterocycles. The summed E-state index contributed by atoms with van der Waals surface area (Å²) in [5, 5.41) is 11.1. The van der Waals surface area contributed by atoms with Crippen molar-refractivity contribution in [2.24, 2.45) is 11.3 Å². The van der Waals surface area contributed by atoms with Gasteiger partial charge in [0.2, 0.25) is 0 Å². The molecule has 1 aliphatic rings. The van der Waals surface area contributed by atoms with Gasteiger partial charge in [0.05, 0.1) is 0 Å². The summed E-state index contributed by atoms with van der Waals surface area (Å²) >= 11 is 0. The Bertz CT molecular complexity index is 199. The minimum atomic E-state index is 0. The van der Waals surface area contributed by atoms with Gasteiger partial charge in [0.1, 0.15) is 0 Å². The largest absolute Gasteiger partial charge is 1.00 e. The monoisotopic (exact) mass is 188 g/mol. The van der Waals surface area contributed by atoms with E-state index in [-0.39, 0.29) is 18.9 Å². The molecule has 1 nitrogen and oxygen atoms in total. The van der Waals surface area contributed by atoms with Crippen LogP contribution in [0.5, 0.6) is 0 Å². The first-order valence-electron chi connectivity index (χ1n) is 5.27. The second-order valence-corrected chi connectivity index (χ2v) is 5.30. The Labute approximate surface area is 100 Å². The molecular formula is C12H21LiO. The quantitative estimate of drug-likeness (QED) is 0.383. The summed E-state index contributed by atoms with van der Waals surface area (Å²) in [5.74, 6) is 1.11. The zero-order chi connectivity index (χ0) is 10.1. The predicted molar refractivity (Wildman–Crippen MR) is 54.1 cm³/mol. The van der Waals surface area contributed by atoms with Crippen molar-refractivity contribution in [1.29, 1.82) is 0 Å². The fraction of sp³-hybridized carbons (Fsp3) is 0.833. The van der Waals surface area contributed by atoms with E-state index in [4.69, 9.17) is 0 Å². The van der Waals surface area contributed by atoms with E-state index in [9.17, 15) is 5.11 Å². The molecule has 0 aromatic heterocycles. The van der Waals surface area contributed by atoms with Gasteiger partial charge in [-0.15, -0.1) is 5.76 Å². The molecule has 1 saturated carbocycles. The average molecular weight is 188 g/mol. The van der Waals surface area contributed by atoms with Crippen molar-refractivity contribution < 1.29 is 24.0 Å². The van der Waals surface area contributed by atoms with Crippen molar-refractivity contribution in [3.63, 3.8) is 0 Å². The fourth-order valence-corrected chi connectivity index (χ4v) is 2.18. The molecule has 0 spiro atoms. The molecule has 0 bridgehead atoms. The third kappa shape index (κ3) is 3.71. The van der Waals surface area contributed by atoms with Gasteiger partial charge >= 0.3 is 18.9 Å². The zero-order valence-corrected chi connectivity index (χ0v) is 10.3. The molecule has 2 heteroatoms. The van der Waals surface area contributed by atoms with Crippen LogP contribution in [0.1, 0.15) is 53.4 Å². The van der Waals surface area contributed by atoms with E-state index in [0.29, 0.717) is 11.2 Å². The van der Waals surface area contributed by atoms with Crippen LogP contribution in [0.3, 0.4) is 0 Å². The van der Waals surface area contributed by atoms with Gasteiger partial charge in [0, 0.05) is 0 Å². The molecule has 0 heterocycles. The Morgan fingerprint density at radius 3 is 1.93 bits per heavy atom. The van der Waals surface area contributed by atoms with Gasteiger partial charge in [-0.25, -0.2) is 0 Å². The van der Waals surface area contributed by atoms with Crippen LogP contribution in [-0.2, 0) is 0 Å². The molecule has 0 amide bonds. The molecule has 1 fully saturated rings. The van der Waals surface area contributed by atoms with Crippen molar-refractivity contribution in [2.45, 2.75) is 53.4 Å². The molecule has 0 N–H and O–H groups in total. The molecule has 1 rings (SSSR count). The van der Waals surface area contributed by atoms with Gasteiger partial charge in [0.25, 0.3) is 0 Å². The molecule has 1 aliphatic carbocycles. The molecule has 76 valence electrons. The van der Waals surface area contributed by atoms with E-state index < -0.39 is 0 Å². The standard InChI is InChI=1S/C12H22O.Li/c1-9(13)10-5-7-11(8-6-10)12(2,3)4;/h11,13H,5-8H2,1-4H3;/q;+1/p-1. The smallest absolute Gasteiger partial charge is 0.876 e. The first-order chi connectivity index (χ1) is 5.91. The summed E-state index contributed by atoms with van der Waals surface area (Å²) < 4.78 is 0. The molecule has 0 aromatic rings. The van der Waals surface area contributed by atoms with Gasteiger partial charge in [0.15, 0.2) is 0 Å². The van der Waals surface area contributed by atoms with Crippen LogP contribution < -0.4 is 24.0 Å². The summed E-state index contributed by atoms with van der Waals surface area (Å²) in [7, 11) is 0. The van der Waals surface area contributed by atoms with Crippen LogP contribution in [0.25, 0.3) is 0 Å². The van der Waals surface area contributed by atoms with Crippen LogP contribution in [0.4, 0.5) is 0 Å². The Morgan fingerprint density at radius 1 is 1.21 bits per heavy atom. The van der Waals surface area contributed by atoms with Crippen molar-refractivity contribution in [2.75, 3.05) is 0 Å².